The van der Waals surface area contributed by atoms with Gasteiger partial charge in [-0.25, -0.2) is 0 Å². The van der Waals surface area contributed by atoms with E-state index >= 15 is 0 Å². The second-order valence-corrected chi connectivity index (χ2v) is 12.5. The third-order valence-corrected chi connectivity index (χ3v) is 8.97. The third kappa shape index (κ3) is 4.39. The normalized spacial score (nSPS) is 11.6. The van der Waals surface area contributed by atoms with Gasteiger partial charge < -0.3 is 0 Å². The molecule has 7 aromatic carbocycles. The van der Waals surface area contributed by atoms with Crippen LogP contribution in [0.4, 0.5) is 0 Å². The van der Waals surface area contributed by atoms with Gasteiger partial charge in [0.05, 0.1) is 0 Å². The highest BCUT2D eigenvalue weighted by atomic mass is 32.2. The van der Waals surface area contributed by atoms with Crippen LogP contribution >= 0.6 is 0 Å². The van der Waals surface area contributed by atoms with E-state index in [0.717, 1.165) is 0 Å². The first kappa shape index (κ1) is 23.8. The Labute approximate surface area is 232 Å². The number of benzene rings is 7. The lowest BCUT2D eigenvalue weighted by atomic mass is 9.91. The SMILES string of the molecule is C[S+](C)c1ccc2cc(-c3ccc(-c4cccc(-c5cc6ccccc6c6ccccc56)c4)cc3)ccc2c1. The first-order chi connectivity index (χ1) is 19.1. The molecule has 0 fully saturated rings. The fraction of sp³-hybridized carbons (Fsp3) is 0.0526. The van der Waals surface area contributed by atoms with E-state index in [1.165, 1.54) is 70.6 Å². The monoisotopic (exact) mass is 517 g/mol. The first-order valence-electron chi connectivity index (χ1n) is 13.4. The largest absolute Gasteiger partial charge is 0.154 e. The molecule has 0 N–H and O–H groups in total. The van der Waals surface area contributed by atoms with Crippen LogP contribution < -0.4 is 0 Å². The lowest BCUT2D eigenvalue weighted by Gasteiger charge is -2.12. The zero-order valence-electron chi connectivity index (χ0n) is 22.2. The van der Waals surface area contributed by atoms with Gasteiger partial charge in [-0.2, -0.15) is 0 Å². The standard InChI is InChI=1S/C38H29S/c1-39(2)34-21-20-30-22-29(18-19-31(30)24-34)27-16-14-26(15-17-27)28-9-7-10-32(23-28)38-25-33-8-3-4-11-35(33)36-12-5-6-13-37(36)38/h3-25H,1-2H3/q+1. The van der Waals surface area contributed by atoms with E-state index in [1.807, 2.05) is 0 Å². The fourth-order valence-corrected chi connectivity index (χ4v) is 6.37. The van der Waals surface area contributed by atoms with E-state index < -0.39 is 0 Å². The smallest absolute Gasteiger partial charge is 0.0616 e. The highest BCUT2D eigenvalue weighted by Crippen LogP contribution is 2.36. The van der Waals surface area contributed by atoms with Gasteiger partial charge in [0.15, 0.2) is 4.90 Å². The predicted molar refractivity (Wildman–Crippen MR) is 173 cm³/mol. The molecule has 7 rings (SSSR count). The van der Waals surface area contributed by atoms with Crippen molar-refractivity contribution in [1.82, 2.24) is 0 Å². The first-order valence-corrected chi connectivity index (χ1v) is 15.4. The number of fused-ring (bicyclic) bond motifs is 4. The van der Waals surface area contributed by atoms with Crippen LogP contribution in [0.15, 0.2) is 144 Å². The molecule has 0 heterocycles. The van der Waals surface area contributed by atoms with Crippen molar-refractivity contribution in [2.75, 3.05) is 12.5 Å². The summed E-state index contributed by atoms with van der Waals surface area (Å²) >= 11 is 0. The maximum absolute atomic E-state index is 2.34. The summed E-state index contributed by atoms with van der Waals surface area (Å²) in [5.41, 5.74) is 7.48. The molecule has 39 heavy (non-hydrogen) atoms. The van der Waals surface area contributed by atoms with Gasteiger partial charge in [-0.3, -0.25) is 0 Å². The molecule has 0 nitrogen and oxygen atoms in total. The van der Waals surface area contributed by atoms with E-state index in [2.05, 4.69) is 152 Å². The van der Waals surface area contributed by atoms with Gasteiger partial charge in [-0.1, -0.05) is 103 Å². The van der Waals surface area contributed by atoms with Crippen LogP contribution in [0.3, 0.4) is 0 Å². The summed E-state index contributed by atoms with van der Waals surface area (Å²) in [6.07, 6.45) is 4.55. The zero-order chi connectivity index (χ0) is 26.3. The van der Waals surface area contributed by atoms with E-state index in [4.69, 9.17) is 0 Å². The molecule has 0 aromatic heterocycles. The Hall–Kier alpha value is -4.33. The summed E-state index contributed by atoms with van der Waals surface area (Å²) < 4.78 is 0. The topological polar surface area (TPSA) is 0 Å². The van der Waals surface area contributed by atoms with Gasteiger partial charge in [0.1, 0.15) is 12.5 Å². The van der Waals surface area contributed by atoms with Crippen molar-refractivity contribution >= 4 is 43.2 Å². The van der Waals surface area contributed by atoms with Gasteiger partial charge in [0.25, 0.3) is 0 Å². The minimum absolute atomic E-state index is 0.275. The highest BCUT2D eigenvalue weighted by Gasteiger charge is 2.11. The minimum Gasteiger partial charge on any atom is -0.0616 e. The van der Waals surface area contributed by atoms with E-state index in [9.17, 15) is 0 Å². The highest BCUT2D eigenvalue weighted by molar-refractivity contribution is 7.95. The summed E-state index contributed by atoms with van der Waals surface area (Å²) in [5.74, 6) is 0. The maximum Gasteiger partial charge on any atom is 0.154 e. The molecule has 186 valence electrons. The van der Waals surface area contributed by atoms with E-state index in [1.54, 1.807) is 0 Å². The molecule has 0 spiro atoms. The molecule has 0 saturated carbocycles. The van der Waals surface area contributed by atoms with Crippen LogP contribution in [0.2, 0.25) is 0 Å². The molecule has 7 aromatic rings. The van der Waals surface area contributed by atoms with Crippen molar-refractivity contribution in [1.29, 1.82) is 0 Å². The fourth-order valence-electron chi connectivity index (χ4n) is 5.67. The van der Waals surface area contributed by atoms with E-state index in [-0.39, 0.29) is 10.9 Å². The molecule has 0 amide bonds. The quantitative estimate of drug-likeness (QED) is 0.161. The van der Waals surface area contributed by atoms with Gasteiger partial charge in [-0.05, 0) is 96.0 Å². The average molecular weight is 518 g/mol. The molecule has 0 saturated heterocycles. The molecular formula is C38H29S+. The number of hydrogen-bond donors (Lipinski definition) is 0. The molecule has 0 aliphatic carbocycles. The lowest BCUT2D eigenvalue weighted by Crippen LogP contribution is -1.94. The average Bonchev–Trinajstić information content (AvgIpc) is 3.00. The summed E-state index contributed by atoms with van der Waals surface area (Å²) in [4.78, 5) is 1.42. The third-order valence-electron chi connectivity index (χ3n) is 7.78. The Balaban J connectivity index is 1.25. The second kappa shape index (κ2) is 9.76. The zero-order valence-corrected chi connectivity index (χ0v) is 23.0. The van der Waals surface area contributed by atoms with Gasteiger partial charge in [0.2, 0.25) is 0 Å². The molecule has 0 aliphatic rings. The van der Waals surface area contributed by atoms with Crippen LogP contribution in [0, 0.1) is 0 Å². The van der Waals surface area contributed by atoms with Crippen molar-refractivity contribution < 1.29 is 0 Å². The Bertz CT molecular complexity index is 1980. The molecular weight excluding hydrogens is 488 g/mol. The molecule has 0 aliphatic heterocycles. The van der Waals surface area contributed by atoms with Crippen LogP contribution in [-0.2, 0) is 10.9 Å². The van der Waals surface area contributed by atoms with Crippen molar-refractivity contribution in [3.8, 4) is 33.4 Å². The Kier molecular flexibility index (Phi) is 5.95. The van der Waals surface area contributed by atoms with Crippen LogP contribution in [0.1, 0.15) is 0 Å². The number of rotatable bonds is 4. The minimum atomic E-state index is 0.275. The van der Waals surface area contributed by atoms with Gasteiger partial charge in [0, 0.05) is 17.0 Å². The summed E-state index contributed by atoms with van der Waals surface area (Å²) in [6.45, 7) is 0. The molecule has 0 atom stereocenters. The molecule has 0 unspecified atom stereocenters. The summed E-state index contributed by atoms with van der Waals surface area (Å²) in [7, 11) is 0.275. The molecule has 0 bridgehead atoms. The maximum atomic E-state index is 2.34. The summed E-state index contributed by atoms with van der Waals surface area (Å²) in [6, 6.07) is 51.4. The van der Waals surface area contributed by atoms with E-state index in [0.29, 0.717) is 0 Å². The van der Waals surface area contributed by atoms with Gasteiger partial charge >= 0.3 is 0 Å². The van der Waals surface area contributed by atoms with Crippen LogP contribution in [0.5, 0.6) is 0 Å². The van der Waals surface area contributed by atoms with Gasteiger partial charge in [-0.15, -0.1) is 0 Å². The Morgan fingerprint density at radius 2 is 0.949 bits per heavy atom. The lowest BCUT2D eigenvalue weighted by molar-refractivity contribution is 1.49. The van der Waals surface area contributed by atoms with Crippen LogP contribution in [0.25, 0.3) is 65.7 Å². The van der Waals surface area contributed by atoms with Crippen molar-refractivity contribution in [3.63, 3.8) is 0 Å². The summed E-state index contributed by atoms with van der Waals surface area (Å²) in [5, 5.41) is 7.78. The van der Waals surface area contributed by atoms with Crippen molar-refractivity contribution in [2.24, 2.45) is 0 Å². The Morgan fingerprint density at radius 3 is 1.72 bits per heavy atom. The van der Waals surface area contributed by atoms with Crippen molar-refractivity contribution in [3.05, 3.63) is 140 Å². The molecule has 1 heteroatoms. The molecule has 0 radical (unpaired) electrons. The number of hydrogen-bond acceptors (Lipinski definition) is 0. The van der Waals surface area contributed by atoms with Crippen molar-refractivity contribution in [2.45, 2.75) is 4.90 Å². The predicted octanol–water partition coefficient (Wildman–Crippen LogP) is 10.4. The van der Waals surface area contributed by atoms with Crippen LogP contribution in [-0.4, -0.2) is 12.5 Å². The Morgan fingerprint density at radius 1 is 0.359 bits per heavy atom. The second-order valence-electron chi connectivity index (χ2n) is 10.4.